The number of nitrogens with one attached hydrogen (secondary N) is 1. The molecule has 0 aliphatic heterocycles. The predicted octanol–water partition coefficient (Wildman–Crippen LogP) is 2.28. The van der Waals surface area contributed by atoms with Gasteiger partial charge in [0.1, 0.15) is 0 Å². The fraction of sp³-hybridized carbons (Fsp3) is 0.500. The van der Waals surface area contributed by atoms with Gasteiger partial charge in [-0.25, -0.2) is 0 Å². The average Bonchev–Trinajstić information content (AvgIpc) is 2.32. The molecule has 1 amide bonds. The summed E-state index contributed by atoms with van der Waals surface area (Å²) in [7, 11) is 0. The molecule has 18 heavy (non-hydrogen) atoms. The summed E-state index contributed by atoms with van der Waals surface area (Å²) in [6.45, 7) is 2.20. The summed E-state index contributed by atoms with van der Waals surface area (Å²) in [5, 5.41) is 12.7. The van der Waals surface area contributed by atoms with Crippen LogP contribution in [0, 0.1) is 5.92 Å². The largest absolute Gasteiger partial charge is 0.505 e. The van der Waals surface area contributed by atoms with Gasteiger partial charge >= 0.3 is 0 Å². The van der Waals surface area contributed by atoms with Gasteiger partial charge in [-0.2, -0.15) is 0 Å². The first kappa shape index (κ1) is 12.7. The van der Waals surface area contributed by atoms with Crippen LogP contribution in [-0.4, -0.2) is 17.1 Å². The molecule has 0 heterocycles. The highest BCUT2D eigenvalue weighted by molar-refractivity contribution is 5.98. The van der Waals surface area contributed by atoms with Crippen LogP contribution >= 0.6 is 0 Å². The highest BCUT2D eigenvalue weighted by Gasteiger charge is 2.22. The van der Waals surface area contributed by atoms with E-state index in [0.29, 0.717) is 5.92 Å². The van der Waals surface area contributed by atoms with Crippen molar-refractivity contribution in [3.05, 3.63) is 23.8 Å². The highest BCUT2D eigenvalue weighted by Crippen LogP contribution is 2.26. The van der Waals surface area contributed by atoms with E-state index in [1.807, 2.05) is 0 Å². The number of nitrogen functional groups attached to an aromatic ring is 1. The van der Waals surface area contributed by atoms with E-state index in [2.05, 4.69) is 12.2 Å². The number of nitrogens with two attached hydrogens (primary N) is 1. The number of rotatable bonds is 2. The molecule has 1 aliphatic carbocycles. The summed E-state index contributed by atoms with van der Waals surface area (Å²) >= 11 is 0. The minimum Gasteiger partial charge on any atom is -0.505 e. The Hall–Kier alpha value is -1.71. The zero-order valence-corrected chi connectivity index (χ0v) is 10.6. The second kappa shape index (κ2) is 5.29. The Kier molecular flexibility index (Phi) is 3.75. The van der Waals surface area contributed by atoms with Crippen LogP contribution in [0.3, 0.4) is 0 Å². The van der Waals surface area contributed by atoms with Crippen molar-refractivity contribution in [1.82, 2.24) is 5.32 Å². The molecule has 0 radical (unpaired) electrons. The monoisotopic (exact) mass is 248 g/mol. The average molecular weight is 248 g/mol. The van der Waals surface area contributed by atoms with Gasteiger partial charge in [0.2, 0.25) is 0 Å². The molecule has 0 saturated heterocycles. The molecule has 1 saturated carbocycles. The standard InChI is InChI=1S/C14H20N2O2/c1-9-4-2-5-10(8-9)16-14(18)11-6-3-7-12(15)13(11)17/h3,6-7,9-10,17H,2,4-5,8,15H2,1H3,(H,16,18). The third kappa shape index (κ3) is 2.75. The van der Waals surface area contributed by atoms with Crippen LogP contribution < -0.4 is 11.1 Å². The van der Waals surface area contributed by atoms with Crippen molar-refractivity contribution >= 4 is 11.6 Å². The van der Waals surface area contributed by atoms with Crippen LogP contribution in [0.5, 0.6) is 5.75 Å². The molecule has 2 atom stereocenters. The van der Waals surface area contributed by atoms with E-state index in [9.17, 15) is 9.90 Å². The van der Waals surface area contributed by atoms with E-state index in [1.54, 1.807) is 18.2 Å². The van der Waals surface area contributed by atoms with Crippen LogP contribution in [0.4, 0.5) is 5.69 Å². The van der Waals surface area contributed by atoms with Gasteiger partial charge in [-0.05, 0) is 30.9 Å². The number of anilines is 1. The molecule has 4 heteroatoms. The Labute approximate surface area is 107 Å². The molecular formula is C14H20N2O2. The van der Waals surface area contributed by atoms with Gasteiger partial charge in [0.15, 0.2) is 5.75 Å². The molecule has 1 aromatic carbocycles. The van der Waals surface area contributed by atoms with Crippen LogP contribution in [0.2, 0.25) is 0 Å². The first-order valence-electron chi connectivity index (χ1n) is 6.46. The Morgan fingerprint density at radius 1 is 1.44 bits per heavy atom. The molecule has 1 fully saturated rings. The summed E-state index contributed by atoms with van der Waals surface area (Å²) in [4.78, 5) is 12.1. The summed E-state index contributed by atoms with van der Waals surface area (Å²) < 4.78 is 0. The number of phenolic OH excluding ortho intramolecular Hbond substituents is 1. The molecule has 1 aliphatic rings. The molecule has 0 bridgehead atoms. The number of benzene rings is 1. The molecule has 98 valence electrons. The van der Waals surface area contributed by atoms with Crippen molar-refractivity contribution in [2.24, 2.45) is 5.92 Å². The Morgan fingerprint density at radius 3 is 2.94 bits per heavy atom. The van der Waals surface area contributed by atoms with Gasteiger partial charge in [0, 0.05) is 6.04 Å². The lowest BCUT2D eigenvalue weighted by atomic mass is 9.87. The van der Waals surface area contributed by atoms with Gasteiger partial charge in [-0.3, -0.25) is 4.79 Å². The van der Waals surface area contributed by atoms with Crippen LogP contribution in [0.15, 0.2) is 18.2 Å². The van der Waals surface area contributed by atoms with Gasteiger partial charge in [-0.1, -0.05) is 25.8 Å². The molecule has 2 rings (SSSR count). The molecule has 2 unspecified atom stereocenters. The zero-order chi connectivity index (χ0) is 13.1. The van der Waals surface area contributed by atoms with Crippen LogP contribution in [0.1, 0.15) is 43.0 Å². The maximum Gasteiger partial charge on any atom is 0.255 e. The van der Waals surface area contributed by atoms with E-state index >= 15 is 0 Å². The maximum absolute atomic E-state index is 12.1. The Morgan fingerprint density at radius 2 is 2.22 bits per heavy atom. The number of carbonyl (C=O) groups excluding carboxylic acids is 1. The van der Waals surface area contributed by atoms with Crippen molar-refractivity contribution in [2.75, 3.05) is 5.73 Å². The first-order chi connectivity index (χ1) is 8.58. The number of hydrogen-bond donors (Lipinski definition) is 3. The number of aromatic hydroxyl groups is 1. The number of phenols is 1. The SMILES string of the molecule is CC1CCCC(NC(=O)c2cccc(N)c2O)C1. The van der Waals surface area contributed by atoms with E-state index in [-0.39, 0.29) is 28.9 Å². The predicted molar refractivity (Wildman–Crippen MR) is 71.4 cm³/mol. The van der Waals surface area contributed by atoms with Crippen molar-refractivity contribution in [2.45, 2.75) is 38.6 Å². The number of amides is 1. The zero-order valence-electron chi connectivity index (χ0n) is 10.6. The van der Waals surface area contributed by atoms with E-state index in [1.165, 1.54) is 6.42 Å². The molecular weight excluding hydrogens is 228 g/mol. The molecule has 0 aromatic heterocycles. The van der Waals surface area contributed by atoms with E-state index in [4.69, 9.17) is 5.73 Å². The van der Waals surface area contributed by atoms with Crippen molar-refractivity contribution in [1.29, 1.82) is 0 Å². The normalized spacial score (nSPS) is 23.6. The number of carbonyl (C=O) groups is 1. The molecule has 0 spiro atoms. The molecule has 1 aromatic rings. The number of hydrogen-bond acceptors (Lipinski definition) is 3. The van der Waals surface area contributed by atoms with Gasteiger partial charge in [0.25, 0.3) is 5.91 Å². The van der Waals surface area contributed by atoms with Crippen molar-refractivity contribution < 1.29 is 9.90 Å². The second-order valence-corrected chi connectivity index (χ2v) is 5.19. The van der Waals surface area contributed by atoms with Gasteiger partial charge in [0.05, 0.1) is 11.3 Å². The second-order valence-electron chi connectivity index (χ2n) is 5.19. The maximum atomic E-state index is 12.1. The van der Waals surface area contributed by atoms with Gasteiger partial charge < -0.3 is 16.2 Å². The highest BCUT2D eigenvalue weighted by atomic mass is 16.3. The van der Waals surface area contributed by atoms with Crippen LogP contribution in [-0.2, 0) is 0 Å². The summed E-state index contributed by atoms with van der Waals surface area (Å²) in [6, 6.07) is 5.05. The summed E-state index contributed by atoms with van der Waals surface area (Å²) in [5.74, 6) is 0.288. The fourth-order valence-corrected chi connectivity index (χ4v) is 2.57. The van der Waals surface area contributed by atoms with Crippen molar-refractivity contribution in [3.63, 3.8) is 0 Å². The number of para-hydroxylation sites is 1. The Bertz CT molecular complexity index is 445. The topological polar surface area (TPSA) is 75.4 Å². The molecule has 4 nitrogen and oxygen atoms in total. The first-order valence-corrected chi connectivity index (χ1v) is 6.46. The van der Waals surface area contributed by atoms with E-state index < -0.39 is 0 Å². The minimum absolute atomic E-state index is 0.126. The van der Waals surface area contributed by atoms with E-state index in [0.717, 1.165) is 19.3 Å². The minimum atomic E-state index is -0.237. The third-order valence-electron chi connectivity index (χ3n) is 3.58. The molecule has 4 N–H and O–H groups in total. The smallest absolute Gasteiger partial charge is 0.255 e. The lowest BCUT2D eigenvalue weighted by Crippen LogP contribution is -2.38. The summed E-state index contributed by atoms with van der Waals surface area (Å²) in [6.07, 6.45) is 4.40. The lowest BCUT2D eigenvalue weighted by Gasteiger charge is -2.27. The quantitative estimate of drug-likeness (QED) is 0.555. The Balaban J connectivity index is 2.05. The van der Waals surface area contributed by atoms with Crippen molar-refractivity contribution in [3.8, 4) is 5.75 Å². The summed E-state index contributed by atoms with van der Waals surface area (Å²) in [5.41, 5.74) is 6.08. The van der Waals surface area contributed by atoms with Crippen LogP contribution in [0.25, 0.3) is 0 Å². The lowest BCUT2D eigenvalue weighted by molar-refractivity contribution is 0.0919. The third-order valence-corrected chi connectivity index (χ3v) is 3.58. The fourth-order valence-electron chi connectivity index (χ4n) is 2.57. The van der Waals surface area contributed by atoms with Gasteiger partial charge in [-0.15, -0.1) is 0 Å².